The maximum Gasteiger partial charge on any atom is 0.573 e. The highest BCUT2D eigenvalue weighted by Gasteiger charge is 2.31. The van der Waals surface area contributed by atoms with Crippen molar-refractivity contribution in [2.24, 2.45) is 4.99 Å². The number of alkyl halides is 3. The Bertz CT molecular complexity index is 1620. The van der Waals surface area contributed by atoms with Gasteiger partial charge in [0.15, 0.2) is 16.1 Å². The van der Waals surface area contributed by atoms with E-state index in [1.165, 1.54) is 52.1 Å². The molecule has 0 amide bonds. The second-order valence-electron chi connectivity index (χ2n) is 10.3. The van der Waals surface area contributed by atoms with Crippen molar-refractivity contribution >= 4 is 39.9 Å². The van der Waals surface area contributed by atoms with Crippen LogP contribution in [0.1, 0.15) is 36.5 Å². The summed E-state index contributed by atoms with van der Waals surface area (Å²) in [5, 5.41) is 9.13. The van der Waals surface area contributed by atoms with Gasteiger partial charge in [0, 0.05) is 30.1 Å². The number of hydrogen-bond acceptors (Lipinski definition) is 5. The highest BCUT2D eigenvalue weighted by Crippen LogP contribution is 2.33. The van der Waals surface area contributed by atoms with E-state index in [-0.39, 0.29) is 5.75 Å². The Hall–Kier alpha value is -3.90. The summed E-state index contributed by atoms with van der Waals surface area (Å²) < 4.78 is 42.7. The summed E-state index contributed by atoms with van der Waals surface area (Å²) in [5.41, 5.74) is 6.20. The van der Waals surface area contributed by atoms with Crippen LogP contribution in [0.4, 0.5) is 18.9 Å². The Morgan fingerprint density at radius 2 is 1.91 bits per heavy atom. The van der Waals surface area contributed by atoms with Crippen molar-refractivity contribution in [2.75, 3.05) is 23.7 Å². The molecule has 0 radical (unpaired) electrons. The molecule has 2 heterocycles. The molecule has 1 N–H and O–H groups in total. The lowest BCUT2D eigenvalue weighted by Crippen LogP contribution is -2.29. The fraction of sp³-hybridized carbons (Fsp3) is 0.290. The third-order valence-electron chi connectivity index (χ3n) is 6.77. The van der Waals surface area contributed by atoms with E-state index in [2.05, 4.69) is 64.0 Å². The Labute approximate surface area is 258 Å². The van der Waals surface area contributed by atoms with E-state index in [0.717, 1.165) is 28.6 Å². The Morgan fingerprint density at radius 1 is 1.12 bits per heavy atom. The predicted molar refractivity (Wildman–Crippen MR) is 170 cm³/mol. The molecule has 0 spiro atoms. The highest BCUT2D eigenvalue weighted by atomic mass is 32.2. The van der Waals surface area contributed by atoms with Crippen molar-refractivity contribution in [3.8, 4) is 22.8 Å². The van der Waals surface area contributed by atoms with Gasteiger partial charge < -0.3 is 15.0 Å². The molecule has 0 bridgehead atoms. The SMILES string of the molecule is Cc1ccc(N2CCSC2=NC(=S)NCCc2cccc(-c3ncn(-c4ccc(OC(F)(F)F)cc4)n3)c2)c(C(C)C)c1. The van der Waals surface area contributed by atoms with Gasteiger partial charge in [0.05, 0.1) is 5.69 Å². The second-order valence-corrected chi connectivity index (χ2v) is 11.8. The number of halogens is 3. The smallest absolute Gasteiger partial charge is 0.406 e. The number of ether oxygens (including phenoxy) is 1. The van der Waals surface area contributed by atoms with Crippen LogP contribution in [-0.2, 0) is 6.42 Å². The molecular formula is C31H31F3N6OS2. The molecule has 0 aliphatic carbocycles. The maximum atomic E-state index is 12.4. The third-order valence-corrected chi connectivity index (χ3v) is 7.96. The minimum absolute atomic E-state index is 0.297. The number of rotatable bonds is 8. The lowest BCUT2D eigenvalue weighted by molar-refractivity contribution is -0.274. The zero-order chi connectivity index (χ0) is 30.6. The number of aryl methyl sites for hydroxylation is 1. The van der Waals surface area contributed by atoms with Gasteiger partial charge in [0.2, 0.25) is 0 Å². The topological polar surface area (TPSA) is 67.6 Å². The Balaban J connectivity index is 1.19. The minimum Gasteiger partial charge on any atom is -0.406 e. The first-order chi connectivity index (χ1) is 20.6. The van der Waals surface area contributed by atoms with Crippen molar-refractivity contribution in [2.45, 2.75) is 39.5 Å². The molecule has 4 aromatic rings. The normalized spacial score (nSPS) is 14.5. The van der Waals surface area contributed by atoms with Crippen LogP contribution in [-0.4, -0.2) is 50.2 Å². The van der Waals surface area contributed by atoms with Gasteiger partial charge in [-0.1, -0.05) is 61.5 Å². The number of hydrogen-bond donors (Lipinski definition) is 1. The molecule has 7 nitrogen and oxygen atoms in total. The molecule has 0 unspecified atom stereocenters. The summed E-state index contributed by atoms with van der Waals surface area (Å²) in [4.78, 5) is 11.4. The summed E-state index contributed by atoms with van der Waals surface area (Å²) in [6.45, 7) is 8.03. The van der Waals surface area contributed by atoms with E-state index in [0.29, 0.717) is 35.5 Å². The molecule has 0 saturated carbocycles. The van der Waals surface area contributed by atoms with Gasteiger partial charge >= 0.3 is 6.36 Å². The van der Waals surface area contributed by atoms with Crippen molar-refractivity contribution in [3.63, 3.8) is 0 Å². The molecule has 0 atom stereocenters. The largest absolute Gasteiger partial charge is 0.573 e. The number of aliphatic imine (C=N–C) groups is 1. The number of nitrogens with one attached hydrogen (secondary N) is 1. The van der Waals surface area contributed by atoms with Crippen LogP contribution in [0.3, 0.4) is 0 Å². The number of amidine groups is 1. The number of aromatic nitrogens is 3. The van der Waals surface area contributed by atoms with Crippen LogP contribution < -0.4 is 15.0 Å². The van der Waals surface area contributed by atoms with Crippen molar-refractivity contribution < 1.29 is 17.9 Å². The molecule has 1 aliphatic rings. The fourth-order valence-corrected chi connectivity index (χ4v) is 5.93. The van der Waals surface area contributed by atoms with Crippen LogP contribution in [0.5, 0.6) is 5.75 Å². The van der Waals surface area contributed by atoms with Crippen LogP contribution >= 0.6 is 24.0 Å². The third kappa shape index (κ3) is 7.94. The first-order valence-corrected chi connectivity index (χ1v) is 15.2. The van der Waals surface area contributed by atoms with E-state index in [1.807, 2.05) is 24.3 Å². The standard InChI is InChI=1S/C31H31F3N6OS2/c1-20(2)26-17-21(3)7-12-27(26)39-15-16-43-30(39)37-29(42)35-14-13-22-5-4-6-23(18-22)28-36-19-40(38-28)24-8-10-25(11-9-24)41-31(32,33)34/h4-12,17-20H,13-16H2,1-3H3,(H,35,42). The van der Waals surface area contributed by atoms with E-state index in [1.54, 1.807) is 11.8 Å². The van der Waals surface area contributed by atoms with E-state index in [9.17, 15) is 13.2 Å². The van der Waals surface area contributed by atoms with E-state index < -0.39 is 6.36 Å². The Kier molecular flexibility index (Phi) is 9.36. The molecule has 12 heteroatoms. The van der Waals surface area contributed by atoms with Gasteiger partial charge in [-0.05, 0) is 79.0 Å². The van der Waals surface area contributed by atoms with Crippen LogP contribution in [0.2, 0.25) is 0 Å². The summed E-state index contributed by atoms with van der Waals surface area (Å²) in [6.07, 6.45) is -2.50. The van der Waals surface area contributed by atoms with Gasteiger partial charge in [0.25, 0.3) is 0 Å². The molecule has 224 valence electrons. The zero-order valence-electron chi connectivity index (χ0n) is 23.9. The molecule has 5 rings (SSSR count). The average Bonchev–Trinajstić information content (AvgIpc) is 3.63. The van der Waals surface area contributed by atoms with Gasteiger partial charge in [-0.25, -0.2) is 9.67 Å². The quantitative estimate of drug-likeness (QED) is 0.207. The van der Waals surface area contributed by atoms with E-state index in [4.69, 9.17) is 17.2 Å². The van der Waals surface area contributed by atoms with E-state index >= 15 is 0 Å². The first kappa shape index (κ1) is 30.6. The number of thioether (sulfide) groups is 1. The number of anilines is 1. The second kappa shape index (κ2) is 13.2. The first-order valence-electron chi connectivity index (χ1n) is 13.8. The monoisotopic (exact) mass is 624 g/mol. The fourth-order valence-electron chi connectivity index (χ4n) is 4.73. The summed E-state index contributed by atoms with van der Waals surface area (Å²) in [7, 11) is 0. The Morgan fingerprint density at radius 3 is 2.65 bits per heavy atom. The number of benzene rings is 3. The minimum atomic E-state index is -4.74. The van der Waals surface area contributed by atoms with Crippen molar-refractivity contribution in [3.05, 3.63) is 89.7 Å². The highest BCUT2D eigenvalue weighted by molar-refractivity contribution is 8.14. The lowest BCUT2D eigenvalue weighted by atomic mass is 9.98. The van der Waals surface area contributed by atoms with Gasteiger partial charge in [-0.2, -0.15) is 4.99 Å². The van der Waals surface area contributed by atoms with Gasteiger partial charge in [0.1, 0.15) is 12.1 Å². The lowest BCUT2D eigenvalue weighted by Gasteiger charge is -2.23. The van der Waals surface area contributed by atoms with Crippen molar-refractivity contribution in [1.82, 2.24) is 20.1 Å². The molecule has 1 aromatic heterocycles. The molecule has 1 fully saturated rings. The number of nitrogens with zero attached hydrogens (tertiary/aromatic N) is 5. The molecular weight excluding hydrogens is 594 g/mol. The molecule has 1 aliphatic heterocycles. The zero-order valence-corrected chi connectivity index (χ0v) is 25.6. The molecule has 3 aromatic carbocycles. The van der Waals surface area contributed by atoms with Crippen molar-refractivity contribution in [1.29, 1.82) is 0 Å². The van der Waals surface area contributed by atoms with Crippen LogP contribution in [0.15, 0.2) is 78.0 Å². The van der Waals surface area contributed by atoms with Crippen LogP contribution in [0.25, 0.3) is 17.1 Å². The maximum absolute atomic E-state index is 12.4. The van der Waals surface area contributed by atoms with Crippen LogP contribution in [0, 0.1) is 6.92 Å². The summed E-state index contributed by atoms with van der Waals surface area (Å²) in [6, 6.07) is 19.9. The molecule has 43 heavy (non-hydrogen) atoms. The van der Waals surface area contributed by atoms with Gasteiger partial charge in [-0.3, -0.25) is 0 Å². The average molecular weight is 625 g/mol. The molecule has 1 saturated heterocycles. The predicted octanol–water partition coefficient (Wildman–Crippen LogP) is 7.29. The summed E-state index contributed by atoms with van der Waals surface area (Å²) >= 11 is 7.29. The summed E-state index contributed by atoms with van der Waals surface area (Å²) in [5.74, 6) is 1.57. The van der Waals surface area contributed by atoms with Gasteiger partial charge in [-0.15, -0.1) is 18.3 Å². The number of thiocarbonyl (C=S) groups is 1.